The fourth-order valence-electron chi connectivity index (χ4n) is 2.48. The molecule has 1 saturated heterocycles. The number of halogens is 1. The zero-order valence-corrected chi connectivity index (χ0v) is 14.7. The Labute approximate surface area is 138 Å². The van der Waals surface area contributed by atoms with Gasteiger partial charge in [0, 0.05) is 34.5 Å². The lowest BCUT2D eigenvalue weighted by molar-refractivity contribution is -0.0402. The summed E-state index contributed by atoms with van der Waals surface area (Å²) < 4.78 is 7.00. The first-order valence-corrected chi connectivity index (χ1v) is 8.88. The average molecular weight is 367 g/mol. The molecule has 21 heavy (non-hydrogen) atoms. The highest BCUT2D eigenvalue weighted by molar-refractivity contribution is 9.10. The van der Waals surface area contributed by atoms with E-state index in [1.54, 1.807) is 11.3 Å². The number of nitrogens with zero attached hydrogens (tertiary/aromatic N) is 2. The van der Waals surface area contributed by atoms with Gasteiger partial charge < -0.3 is 4.74 Å². The lowest BCUT2D eigenvalue weighted by atomic mass is 10.2. The minimum absolute atomic E-state index is 0.107. The molecule has 2 aromatic rings. The molecule has 0 N–H and O–H groups in total. The first-order chi connectivity index (χ1) is 10.1. The molecule has 0 radical (unpaired) electrons. The number of rotatable bonds is 3. The van der Waals surface area contributed by atoms with Gasteiger partial charge in [0.2, 0.25) is 0 Å². The SMILES string of the molecule is CC(C)N1CCOC(c2nc(-c3ccc(Br)cc3)cs2)C1. The van der Waals surface area contributed by atoms with Gasteiger partial charge in [-0.05, 0) is 26.0 Å². The van der Waals surface area contributed by atoms with Crippen LogP contribution in [0.25, 0.3) is 11.3 Å². The van der Waals surface area contributed by atoms with Gasteiger partial charge in [-0.2, -0.15) is 0 Å². The molecule has 0 amide bonds. The van der Waals surface area contributed by atoms with Crippen LogP contribution in [0.5, 0.6) is 0 Å². The first-order valence-electron chi connectivity index (χ1n) is 7.20. The van der Waals surface area contributed by atoms with Gasteiger partial charge in [0.15, 0.2) is 0 Å². The van der Waals surface area contributed by atoms with Crippen molar-refractivity contribution >= 4 is 27.3 Å². The molecule has 0 aliphatic carbocycles. The molecule has 0 bridgehead atoms. The van der Waals surface area contributed by atoms with Crippen LogP contribution in [0.3, 0.4) is 0 Å². The Bertz CT molecular complexity index is 597. The van der Waals surface area contributed by atoms with Gasteiger partial charge in [-0.25, -0.2) is 4.98 Å². The molecule has 2 heterocycles. The van der Waals surface area contributed by atoms with E-state index in [2.05, 4.69) is 52.2 Å². The molecule has 1 aromatic heterocycles. The van der Waals surface area contributed by atoms with Crippen molar-refractivity contribution in [2.24, 2.45) is 0 Å². The maximum atomic E-state index is 5.91. The number of hydrogen-bond acceptors (Lipinski definition) is 4. The highest BCUT2D eigenvalue weighted by Crippen LogP contribution is 2.30. The third-order valence-electron chi connectivity index (χ3n) is 3.77. The Morgan fingerprint density at radius 1 is 1.33 bits per heavy atom. The monoisotopic (exact) mass is 366 g/mol. The van der Waals surface area contributed by atoms with Gasteiger partial charge >= 0.3 is 0 Å². The summed E-state index contributed by atoms with van der Waals surface area (Å²) >= 11 is 5.16. The summed E-state index contributed by atoms with van der Waals surface area (Å²) in [5, 5.41) is 3.20. The molecule has 1 aliphatic rings. The van der Waals surface area contributed by atoms with Crippen LogP contribution in [-0.2, 0) is 4.74 Å². The van der Waals surface area contributed by atoms with E-state index in [0.29, 0.717) is 6.04 Å². The van der Waals surface area contributed by atoms with E-state index < -0.39 is 0 Å². The molecule has 1 aliphatic heterocycles. The van der Waals surface area contributed by atoms with Crippen molar-refractivity contribution in [3.05, 3.63) is 39.1 Å². The minimum Gasteiger partial charge on any atom is -0.368 e. The van der Waals surface area contributed by atoms with Gasteiger partial charge in [-0.15, -0.1) is 11.3 Å². The van der Waals surface area contributed by atoms with Gasteiger partial charge in [0.25, 0.3) is 0 Å². The molecule has 0 spiro atoms. The summed E-state index contributed by atoms with van der Waals surface area (Å²) in [4.78, 5) is 7.23. The van der Waals surface area contributed by atoms with Crippen molar-refractivity contribution < 1.29 is 4.74 Å². The number of aromatic nitrogens is 1. The lowest BCUT2D eigenvalue weighted by Crippen LogP contribution is -2.42. The molecular formula is C16H19BrN2OS. The predicted molar refractivity (Wildman–Crippen MR) is 90.7 cm³/mol. The largest absolute Gasteiger partial charge is 0.368 e. The minimum atomic E-state index is 0.107. The summed E-state index contributed by atoms with van der Waals surface area (Å²) in [5.41, 5.74) is 2.19. The fraction of sp³-hybridized carbons (Fsp3) is 0.438. The van der Waals surface area contributed by atoms with Crippen LogP contribution in [-0.4, -0.2) is 35.6 Å². The third-order valence-corrected chi connectivity index (χ3v) is 5.23. The van der Waals surface area contributed by atoms with Crippen LogP contribution in [0.15, 0.2) is 34.1 Å². The van der Waals surface area contributed by atoms with Crippen LogP contribution in [0.4, 0.5) is 0 Å². The second kappa shape index (κ2) is 6.57. The topological polar surface area (TPSA) is 25.4 Å². The smallest absolute Gasteiger partial charge is 0.124 e. The highest BCUT2D eigenvalue weighted by atomic mass is 79.9. The highest BCUT2D eigenvalue weighted by Gasteiger charge is 2.25. The number of benzene rings is 1. The number of ether oxygens (including phenoxy) is 1. The van der Waals surface area contributed by atoms with Crippen LogP contribution in [0, 0.1) is 0 Å². The van der Waals surface area contributed by atoms with E-state index in [1.807, 2.05) is 12.1 Å². The zero-order valence-electron chi connectivity index (χ0n) is 12.3. The molecule has 1 aromatic carbocycles. The number of hydrogen-bond donors (Lipinski definition) is 0. The second-order valence-electron chi connectivity index (χ2n) is 5.53. The van der Waals surface area contributed by atoms with Crippen molar-refractivity contribution in [2.45, 2.75) is 26.0 Å². The molecular weight excluding hydrogens is 348 g/mol. The third kappa shape index (κ3) is 3.54. The fourth-order valence-corrected chi connectivity index (χ4v) is 3.61. The Morgan fingerprint density at radius 2 is 2.10 bits per heavy atom. The van der Waals surface area contributed by atoms with Crippen molar-refractivity contribution in [1.29, 1.82) is 0 Å². The summed E-state index contributed by atoms with van der Waals surface area (Å²) in [6.07, 6.45) is 0.107. The standard InChI is InChI=1S/C16H19BrN2OS/c1-11(2)19-7-8-20-15(9-19)16-18-14(10-21-16)12-3-5-13(17)6-4-12/h3-6,10-11,15H,7-9H2,1-2H3. The first kappa shape index (κ1) is 15.2. The molecule has 5 heteroatoms. The quantitative estimate of drug-likeness (QED) is 0.806. The Morgan fingerprint density at radius 3 is 2.81 bits per heavy atom. The van der Waals surface area contributed by atoms with E-state index in [4.69, 9.17) is 9.72 Å². The second-order valence-corrected chi connectivity index (χ2v) is 7.33. The van der Waals surface area contributed by atoms with Crippen molar-refractivity contribution in [3.63, 3.8) is 0 Å². The Balaban J connectivity index is 1.77. The van der Waals surface area contributed by atoms with Gasteiger partial charge in [0.1, 0.15) is 11.1 Å². The van der Waals surface area contributed by atoms with Gasteiger partial charge in [-0.3, -0.25) is 4.90 Å². The number of morpholine rings is 1. The lowest BCUT2D eigenvalue weighted by Gasteiger charge is -2.34. The van der Waals surface area contributed by atoms with Crippen LogP contribution in [0.1, 0.15) is 25.0 Å². The summed E-state index contributed by atoms with van der Waals surface area (Å²) in [5.74, 6) is 0. The van der Waals surface area contributed by atoms with Crippen LogP contribution < -0.4 is 0 Å². The molecule has 3 rings (SSSR count). The average Bonchev–Trinajstić information content (AvgIpc) is 2.98. The van der Waals surface area contributed by atoms with Crippen LogP contribution >= 0.6 is 27.3 Å². The van der Waals surface area contributed by atoms with Crippen molar-refractivity contribution in [2.75, 3.05) is 19.7 Å². The van der Waals surface area contributed by atoms with E-state index in [9.17, 15) is 0 Å². The molecule has 1 fully saturated rings. The van der Waals surface area contributed by atoms with Gasteiger partial charge in [0.05, 0.1) is 12.3 Å². The summed E-state index contributed by atoms with van der Waals surface area (Å²) in [6.45, 7) is 7.20. The Kier molecular flexibility index (Phi) is 4.74. The molecule has 1 unspecified atom stereocenters. The predicted octanol–water partition coefficient (Wildman–Crippen LogP) is 4.35. The maximum absolute atomic E-state index is 5.91. The zero-order chi connectivity index (χ0) is 14.8. The Hall–Kier alpha value is -0.750. The maximum Gasteiger partial charge on any atom is 0.124 e. The molecule has 0 saturated carbocycles. The van der Waals surface area contributed by atoms with Crippen molar-refractivity contribution in [1.82, 2.24) is 9.88 Å². The molecule has 3 nitrogen and oxygen atoms in total. The summed E-state index contributed by atoms with van der Waals surface area (Å²) in [7, 11) is 0. The van der Waals surface area contributed by atoms with Gasteiger partial charge in [-0.1, -0.05) is 28.1 Å². The van der Waals surface area contributed by atoms with E-state index in [0.717, 1.165) is 40.4 Å². The van der Waals surface area contributed by atoms with E-state index >= 15 is 0 Å². The summed E-state index contributed by atoms with van der Waals surface area (Å²) in [6, 6.07) is 8.83. The molecule has 1 atom stereocenters. The van der Waals surface area contributed by atoms with Crippen molar-refractivity contribution in [3.8, 4) is 11.3 Å². The van der Waals surface area contributed by atoms with E-state index in [-0.39, 0.29) is 6.10 Å². The van der Waals surface area contributed by atoms with E-state index in [1.165, 1.54) is 0 Å². The molecule has 112 valence electrons. The normalized spacial score (nSPS) is 20.1. The number of thiazole rings is 1. The van der Waals surface area contributed by atoms with Crippen LogP contribution in [0.2, 0.25) is 0 Å².